The third kappa shape index (κ3) is 1.89. The highest BCUT2D eigenvalue weighted by Crippen LogP contribution is 2.24. The van der Waals surface area contributed by atoms with Crippen LogP contribution in [0.5, 0.6) is 0 Å². The molecular weight excluding hydrogens is 158 g/mol. The Balaban J connectivity index is 1.98. The van der Waals surface area contributed by atoms with Gasteiger partial charge in [-0.1, -0.05) is 19.3 Å². The zero-order valence-electron chi connectivity index (χ0n) is 8.55. The Morgan fingerprint density at radius 1 is 1.31 bits per heavy atom. The van der Waals surface area contributed by atoms with Gasteiger partial charge in [0, 0.05) is 12.5 Å². The quantitative estimate of drug-likeness (QED) is 0.585. The van der Waals surface area contributed by atoms with E-state index in [1.807, 2.05) is 0 Å². The molecule has 2 rings (SSSR count). The summed E-state index contributed by atoms with van der Waals surface area (Å²) in [4.78, 5) is 2.66. The van der Waals surface area contributed by atoms with Crippen LogP contribution in [-0.2, 0) is 0 Å². The van der Waals surface area contributed by atoms with Crippen molar-refractivity contribution in [2.75, 3.05) is 6.54 Å². The summed E-state index contributed by atoms with van der Waals surface area (Å²) in [5.74, 6) is 6.59. The molecule has 1 fully saturated rings. The summed E-state index contributed by atoms with van der Waals surface area (Å²) in [5, 5.41) is 0. The van der Waals surface area contributed by atoms with Gasteiger partial charge < -0.3 is 0 Å². The van der Waals surface area contributed by atoms with E-state index in [9.17, 15) is 0 Å². The van der Waals surface area contributed by atoms with E-state index in [1.165, 1.54) is 38.6 Å². The van der Waals surface area contributed by atoms with Crippen LogP contribution in [0.1, 0.15) is 45.4 Å². The van der Waals surface area contributed by atoms with Crippen LogP contribution in [-0.4, -0.2) is 23.5 Å². The summed E-state index contributed by atoms with van der Waals surface area (Å²) in [7, 11) is 0. The van der Waals surface area contributed by atoms with E-state index < -0.39 is 0 Å². The van der Waals surface area contributed by atoms with Crippen LogP contribution in [0.3, 0.4) is 0 Å². The second-order valence-electron chi connectivity index (χ2n) is 4.17. The molecule has 0 saturated carbocycles. The van der Waals surface area contributed by atoms with Gasteiger partial charge in [-0.25, -0.2) is 0 Å². The molecule has 0 radical (unpaired) electrons. The second kappa shape index (κ2) is 4.15. The highest BCUT2D eigenvalue weighted by Gasteiger charge is 2.27. The number of hydrogen-bond donors (Lipinski definition) is 0. The minimum Gasteiger partial charge on any atom is -0.287 e. The molecule has 0 spiro atoms. The average molecular weight is 177 g/mol. The molecule has 0 aromatic rings. The maximum atomic E-state index is 3.37. The van der Waals surface area contributed by atoms with Gasteiger partial charge in [-0.2, -0.15) is 0 Å². The molecule has 1 aliphatic carbocycles. The van der Waals surface area contributed by atoms with E-state index in [0.717, 1.165) is 12.5 Å². The van der Waals surface area contributed by atoms with Gasteiger partial charge in [-0.3, -0.25) is 4.90 Å². The highest BCUT2D eigenvalue weighted by molar-refractivity contribution is 5.15. The molecule has 1 heteroatoms. The number of piperidine rings is 1. The summed E-state index contributed by atoms with van der Waals surface area (Å²) < 4.78 is 0. The molecule has 1 nitrogen and oxygen atoms in total. The molecule has 2 atom stereocenters. The van der Waals surface area contributed by atoms with E-state index >= 15 is 0 Å². The Bertz CT molecular complexity index is 223. The number of rotatable bonds is 2. The second-order valence-corrected chi connectivity index (χ2v) is 4.17. The molecule has 0 bridgehead atoms. The fourth-order valence-corrected chi connectivity index (χ4v) is 2.59. The van der Waals surface area contributed by atoms with E-state index in [-0.39, 0.29) is 0 Å². The van der Waals surface area contributed by atoms with Crippen LogP contribution >= 0.6 is 0 Å². The molecule has 0 aromatic heterocycles. The van der Waals surface area contributed by atoms with Gasteiger partial charge >= 0.3 is 0 Å². The third-order valence-corrected chi connectivity index (χ3v) is 3.36. The van der Waals surface area contributed by atoms with Gasteiger partial charge in [0.2, 0.25) is 0 Å². The van der Waals surface area contributed by atoms with E-state index in [0.29, 0.717) is 6.04 Å². The maximum Gasteiger partial charge on any atom is 0.0726 e. The van der Waals surface area contributed by atoms with Gasteiger partial charge in [0.15, 0.2) is 0 Å². The van der Waals surface area contributed by atoms with Crippen LogP contribution < -0.4 is 0 Å². The molecule has 0 aromatic carbocycles. The third-order valence-electron chi connectivity index (χ3n) is 3.36. The molecule has 0 N–H and O–H groups in total. The van der Waals surface area contributed by atoms with Crippen molar-refractivity contribution in [1.82, 2.24) is 4.90 Å². The molecule has 2 aliphatic rings. The Labute approximate surface area is 81.5 Å². The highest BCUT2D eigenvalue weighted by atomic mass is 15.2. The number of nitrogens with zero attached hydrogens (tertiary/aromatic N) is 1. The van der Waals surface area contributed by atoms with Crippen molar-refractivity contribution >= 4 is 0 Å². The van der Waals surface area contributed by atoms with Gasteiger partial charge in [0.25, 0.3) is 0 Å². The van der Waals surface area contributed by atoms with Crippen molar-refractivity contribution in [3.63, 3.8) is 0 Å². The van der Waals surface area contributed by atoms with Crippen LogP contribution in [0, 0.1) is 11.8 Å². The first kappa shape index (κ1) is 9.09. The number of hydrogen-bond acceptors (Lipinski definition) is 1. The lowest BCUT2D eigenvalue weighted by atomic mass is 9.97. The first-order chi connectivity index (χ1) is 6.42. The molecule has 1 saturated heterocycles. The fraction of sp³-hybridized carbons (Fsp3) is 0.833. The SMILES string of the molecule is CCC1CCCCN1C1C#CCC1. The standard InChI is InChI=1S/C12H19N/c1-2-11-7-5-6-10-13(11)12-8-3-4-9-12/h11-12H,2-3,5-8,10H2,1H3. The number of likely N-dealkylation sites (tertiary alicyclic amines) is 1. The lowest BCUT2D eigenvalue weighted by molar-refractivity contribution is 0.116. The summed E-state index contributed by atoms with van der Waals surface area (Å²) in [6.45, 7) is 3.60. The van der Waals surface area contributed by atoms with Gasteiger partial charge in [-0.15, -0.1) is 5.92 Å². The lowest BCUT2D eigenvalue weighted by Gasteiger charge is -2.38. The first-order valence-corrected chi connectivity index (χ1v) is 5.66. The van der Waals surface area contributed by atoms with E-state index in [2.05, 4.69) is 23.7 Å². The molecule has 1 aliphatic heterocycles. The Morgan fingerprint density at radius 3 is 2.92 bits per heavy atom. The monoisotopic (exact) mass is 177 g/mol. The van der Waals surface area contributed by atoms with Gasteiger partial charge in [0.1, 0.15) is 0 Å². The minimum absolute atomic E-state index is 0.602. The predicted molar refractivity (Wildman–Crippen MR) is 55.4 cm³/mol. The molecular formula is C12H19N. The van der Waals surface area contributed by atoms with Crippen molar-refractivity contribution in [3.05, 3.63) is 0 Å². The van der Waals surface area contributed by atoms with Gasteiger partial charge in [0.05, 0.1) is 6.04 Å². The Kier molecular flexibility index (Phi) is 2.90. The van der Waals surface area contributed by atoms with Crippen molar-refractivity contribution in [1.29, 1.82) is 0 Å². The van der Waals surface area contributed by atoms with E-state index in [4.69, 9.17) is 0 Å². The zero-order valence-corrected chi connectivity index (χ0v) is 8.55. The lowest BCUT2D eigenvalue weighted by Crippen LogP contribution is -2.44. The normalized spacial score (nSPS) is 34.2. The molecule has 72 valence electrons. The maximum absolute atomic E-state index is 3.37. The Hall–Kier alpha value is -0.480. The molecule has 1 heterocycles. The minimum atomic E-state index is 0.602. The molecule has 0 amide bonds. The van der Waals surface area contributed by atoms with Crippen molar-refractivity contribution in [3.8, 4) is 11.8 Å². The van der Waals surface area contributed by atoms with Crippen LogP contribution in [0.15, 0.2) is 0 Å². The predicted octanol–water partition coefficient (Wildman–Crippen LogP) is 2.42. The van der Waals surface area contributed by atoms with Crippen LogP contribution in [0.4, 0.5) is 0 Å². The summed E-state index contributed by atoms with van der Waals surface area (Å²) in [6, 6.07) is 1.43. The first-order valence-electron chi connectivity index (χ1n) is 5.66. The largest absolute Gasteiger partial charge is 0.287 e. The smallest absolute Gasteiger partial charge is 0.0726 e. The van der Waals surface area contributed by atoms with Gasteiger partial charge in [-0.05, 0) is 32.2 Å². The summed E-state index contributed by atoms with van der Waals surface area (Å²) in [6.07, 6.45) is 7.89. The summed E-state index contributed by atoms with van der Waals surface area (Å²) in [5.41, 5.74) is 0. The molecule has 2 unspecified atom stereocenters. The van der Waals surface area contributed by atoms with Crippen molar-refractivity contribution in [2.24, 2.45) is 0 Å². The fourth-order valence-electron chi connectivity index (χ4n) is 2.59. The van der Waals surface area contributed by atoms with Crippen LogP contribution in [0.2, 0.25) is 0 Å². The van der Waals surface area contributed by atoms with Crippen molar-refractivity contribution < 1.29 is 0 Å². The Morgan fingerprint density at radius 2 is 2.23 bits per heavy atom. The van der Waals surface area contributed by atoms with Crippen LogP contribution in [0.25, 0.3) is 0 Å². The van der Waals surface area contributed by atoms with Crippen molar-refractivity contribution in [2.45, 2.75) is 57.5 Å². The van der Waals surface area contributed by atoms with E-state index in [1.54, 1.807) is 0 Å². The zero-order chi connectivity index (χ0) is 9.10. The summed E-state index contributed by atoms with van der Waals surface area (Å²) >= 11 is 0. The topological polar surface area (TPSA) is 3.24 Å². The molecule has 13 heavy (non-hydrogen) atoms. The average Bonchev–Trinajstić information content (AvgIpc) is 2.70.